The molecule has 5 fully saturated rings. The Kier molecular flexibility index (Phi) is 4.63. The van der Waals surface area contributed by atoms with E-state index < -0.39 is 5.60 Å². The van der Waals surface area contributed by atoms with Crippen molar-refractivity contribution < 1.29 is 14.6 Å². The molecular weight excluding hydrogens is 352 g/mol. The van der Waals surface area contributed by atoms with Crippen LogP contribution < -0.4 is 10.2 Å². The first-order valence-electron chi connectivity index (χ1n) is 10.9. The Balaban J connectivity index is 1.19. The van der Waals surface area contributed by atoms with Gasteiger partial charge in [-0.1, -0.05) is 12.1 Å². The molecule has 0 spiro atoms. The molecule has 1 aromatic rings. The van der Waals surface area contributed by atoms with Gasteiger partial charge in [-0.15, -0.1) is 0 Å². The number of rotatable bonds is 5. The molecule has 1 amide bonds. The molecule has 28 heavy (non-hydrogen) atoms. The van der Waals surface area contributed by atoms with Gasteiger partial charge in [-0.25, -0.2) is 0 Å². The van der Waals surface area contributed by atoms with Crippen LogP contribution in [0.25, 0.3) is 0 Å². The molecule has 4 aliphatic carbocycles. The van der Waals surface area contributed by atoms with Gasteiger partial charge in [0.05, 0.1) is 18.8 Å². The predicted molar refractivity (Wildman–Crippen MR) is 108 cm³/mol. The van der Waals surface area contributed by atoms with Crippen molar-refractivity contribution in [2.75, 3.05) is 31.2 Å². The summed E-state index contributed by atoms with van der Waals surface area (Å²) in [5.74, 6) is 1.40. The van der Waals surface area contributed by atoms with E-state index in [1.165, 1.54) is 12.1 Å². The van der Waals surface area contributed by atoms with Gasteiger partial charge >= 0.3 is 0 Å². The number of nitrogens with zero attached hydrogens (tertiary/aromatic N) is 1. The van der Waals surface area contributed by atoms with Crippen LogP contribution in [0.1, 0.15) is 50.5 Å². The van der Waals surface area contributed by atoms with E-state index in [0.29, 0.717) is 24.8 Å². The van der Waals surface area contributed by atoms with Crippen LogP contribution in [0.4, 0.5) is 5.69 Å². The molecule has 2 N–H and O–H groups in total. The molecule has 0 aromatic heterocycles. The van der Waals surface area contributed by atoms with E-state index in [-0.39, 0.29) is 11.3 Å². The first kappa shape index (κ1) is 18.4. The average Bonchev–Trinajstić information content (AvgIpc) is 2.65. The van der Waals surface area contributed by atoms with Crippen molar-refractivity contribution in [3.05, 3.63) is 29.8 Å². The van der Waals surface area contributed by atoms with E-state index in [9.17, 15) is 9.90 Å². The summed E-state index contributed by atoms with van der Waals surface area (Å²) in [5.41, 5.74) is 1.90. The highest BCUT2D eigenvalue weighted by atomic mass is 16.5. The van der Waals surface area contributed by atoms with Crippen LogP contribution in [-0.4, -0.2) is 42.9 Å². The number of carbonyl (C=O) groups excluding carboxylic acids is 1. The number of amides is 1. The van der Waals surface area contributed by atoms with Gasteiger partial charge in [-0.2, -0.15) is 0 Å². The predicted octanol–water partition coefficient (Wildman–Crippen LogP) is 2.86. The van der Waals surface area contributed by atoms with Crippen molar-refractivity contribution in [2.24, 2.45) is 17.3 Å². The molecule has 5 heteroatoms. The molecule has 5 aliphatic rings. The Bertz CT molecular complexity index is 729. The second kappa shape index (κ2) is 7.03. The third-order valence-electron chi connectivity index (χ3n) is 7.46. The number of hydrogen-bond acceptors (Lipinski definition) is 4. The lowest BCUT2D eigenvalue weighted by atomic mass is 9.47. The lowest BCUT2D eigenvalue weighted by Crippen LogP contribution is -2.56. The fraction of sp³-hybridized carbons (Fsp3) is 0.696. The zero-order chi connectivity index (χ0) is 19.2. The van der Waals surface area contributed by atoms with E-state index in [1.54, 1.807) is 0 Å². The third kappa shape index (κ3) is 3.67. The normalized spacial score (nSPS) is 36.5. The molecule has 6 rings (SSSR count). The number of hydrogen-bond donors (Lipinski definition) is 2. The van der Waals surface area contributed by atoms with Gasteiger partial charge in [-0.3, -0.25) is 4.79 Å². The maximum atomic E-state index is 12.8. The van der Waals surface area contributed by atoms with E-state index in [0.717, 1.165) is 64.0 Å². The Labute approximate surface area is 167 Å². The van der Waals surface area contributed by atoms with Crippen LogP contribution in [0.3, 0.4) is 0 Å². The minimum atomic E-state index is -0.489. The first-order chi connectivity index (χ1) is 13.5. The quantitative estimate of drug-likeness (QED) is 0.820. The summed E-state index contributed by atoms with van der Waals surface area (Å²) in [7, 11) is 0. The van der Waals surface area contributed by atoms with Crippen LogP contribution >= 0.6 is 0 Å². The lowest BCUT2D eigenvalue weighted by molar-refractivity contribution is -0.169. The van der Waals surface area contributed by atoms with Crippen LogP contribution in [0.15, 0.2) is 24.3 Å². The van der Waals surface area contributed by atoms with E-state index in [2.05, 4.69) is 34.5 Å². The summed E-state index contributed by atoms with van der Waals surface area (Å²) in [5, 5.41) is 14.1. The SMILES string of the molecule is O=C(CC12CC3CC(CC(O)(C3)C1)C2)NCc1cccc(N2CCOCC2)c1. The zero-order valence-corrected chi connectivity index (χ0v) is 16.7. The third-order valence-corrected chi connectivity index (χ3v) is 7.46. The summed E-state index contributed by atoms with van der Waals surface area (Å²) in [4.78, 5) is 15.1. The summed E-state index contributed by atoms with van der Waals surface area (Å²) >= 11 is 0. The summed E-state index contributed by atoms with van der Waals surface area (Å²) < 4.78 is 5.44. The highest BCUT2D eigenvalue weighted by Gasteiger charge is 2.57. The minimum absolute atomic E-state index is 0.0402. The summed E-state index contributed by atoms with van der Waals surface area (Å²) in [6, 6.07) is 8.46. The van der Waals surface area contributed by atoms with Gasteiger partial charge in [-0.05, 0) is 73.5 Å². The molecule has 1 aliphatic heterocycles. The van der Waals surface area contributed by atoms with Crippen molar-refractivity contribution in [3.63, 3.8) is 0 Å². The molecule has 152 valence electrons. The van der Waals surface area contributed by atoms with Gasteiger partial charge in [0.25, 0.3) is 0 Å². The van der Waals surface area contributed by atoms with Crippen LogP contribution in [0.5, 0.6) is 0 Å². The molecule has 4 saturated carbocycles. The number of ether oxygens (including phenoxy) is 1. The standard InChI is InChI=1S/C23H32N2O3/c26-21(14-22-10-18-8-19(11-22)13-23(27,12-18)16-22)24-15-17-2-1-3-20(9-17)25-4-6-28-7-5-25/h1-3,9,18-19,27H,4-8,10-16H2,(H,24,26). The smallest absolute Gasteiger partial charge is 0.220 e. The maximum absolute atomic E-state index is 12.8. The Morgan fingerprint density at radius 2 is 1.93 bits per heavy atom. The topological polar surface area (TPSA) is 61.8 Å². The second-order valence-corrected chi connectivity index (χ2v) is 9.91. The number of nitrogens with one attached hydrogen (secondary N) is 1. The molecule has 5 nitrogen and oxygen atoms in total. The highest BCUT2D eigenvalue weighted by Crippen LogP contribution is 2.62. The van der Waals surface area contributed by atoms with Crippen molar-refractivity contribution in [3.8, 4) is 0 Å². The van der Waals surface area contributed by atoms with E-state index >= 15 is 0 Å². The number of benzene rings is 1. The molecule has 1 aromatic carbocycles. The van der Waals surface area contributed by atoms with Crippen molar-refractivity contribution >= 4 is 11.6 Å². The fourth-order valence-electron chi connectivity index (χ4n) is 6.90. The fourth-order valence-corrected chi connectivity index (χ4v) is 6.90. The van der Waals surface area contributed by atoms with Crippen LogP contribution in [0, 0.1) is 17.3 Å². The van der Waals surface area contributed by atoms with Gasteiger partial charge < -0.3 is 20.1 Å². The highest BCUT2D eigenvalue weighted by molar-refractivity contribution is 5.76. The van der Waals surface area contributed by atoms with E-state index in [1.807, 2.05) is 0 Å². The van der Waals surface area contributed by atoms with Crippen LogP contribution in [-0.2, 0) is 16.1 Å². The monoisotopic (exact) mass is 384 g/mol. The summed E-state index contributed by atoms with van der Waals surface area (Å²) in [6.45, 7) is 3.96. The van der Waals surface area contributed by atoms with Gasteiger partial charge in [0.15, 0.2) is 0 Å². The largest absolute Gasteiger partial charge is 0.390 e. The van der Waals surface area contributed by atoms with E-state index in [4.69, 9.17) is 4.74 Å². The molecule has 1 heterocycles. The Hall–Kier alpha value is -1.59. The van der Waals surface area contributed by atoms with Gasteiger partial charge in [0.2, 0.25) is 5.91 Å². The lowest BCUT2D eigenvalue weighted by Gasteiger charge is -2.60. The van der Waals surface area contributed by atoms with Crippen LogP contribution in [0.2, 0.25) is 0 Å². The first-order valence-corrected chi connectivity index (χ1v) is 10.9. The maximum Gasteiger partial charge on any atom is 0.220 e. The average molecular weight is 385 g/mol. The van der Waals surface area contributed by atoms with Crippen molar-refractivity contribution in [1.29, 1.82) is 0 Å². The van der Waals surface area contributed by atoms with Crippen molar-refractivity contribution in [1.82, 2.24) is 5.32 Å². The molecule has 1 saturated heterocycles. The molecule has 0 radical (unpaired) electrons. The molecular formula is C23H32N2O3. The molecule has 2 atom stereocenters. The molecule has 4 bridgehead atoms. The number of anilines is 1. The number of carbonyl (C=O) groups is 1. The minimum Gasteiger partial charge on any atom is -0.390 e. The Morgan fingerprint density at radius 1 is 1.18 bits per heavy atom. The van der Waals surface area contributed by atoms with Gasteiger partial charge in [0.1, 0.15) is 0 Å². The van der Waals surface area contributed by atoms with Crippen molar-refractivity contribution in [2.45, 2.75) is 57.1 Å². The summed E-state index contributed by atoms with van der Waals surface area (Å²) in [6.07, 6.45) is 6.85. The Morgan fingerprint density at radius 3 is 2.64 bits per heavy atom. The zero-order valence-electron chi connectivity index (χ0n) is 16.7. The second-order valence-electron chi connectivity index (χ2n) is 9.91. The molecule has 2 unspecified atom stereocenters. The van der Waals surface area contributed by atoms with Gasteiger partial charge in [0, 0.05) is 31.7 Å². The number of aliphatic hydroxyl groups is 1. The number of morpholine rings is 1.